The topological polar surface area (TPSA) is 20.2 Å². The first-order chi connectivity index (χ1) is 6.61. The van der Waals surface area contributed by atoms with Crippen LogP contribution >= 0.6 is 0 Å². The highest BCUT2D eigenvalue weighted by molar-refractivity contribution is 5.09. The molecule has 3 fully saturated rings. The lowest BCUT2D eigenvalue weighted by molar-refractivity contribution is 0.0105. The zero-order chi connectivity index (χ0) is 9.92. The number of rotatable bonds is 2. The molecule has 3 saturated carbocycles. The summed E-state index contributed by atoms with van der Waals surface area (Å²) < 4.78 is 13.1. The summed E-state index contributed by atoms with van der Waals surface area (Å²) in [5, 5.41) is 10.2. The number of alkyl halides is 1. The van der Waals surface area contributed by atoms with Crippen molar-refractivity contribution >= 4 is 0 Å². The lowest BCUT2D eigenvalue weighted by atomic mass is 9.79. The molecule has 0 spiro atoms. The summed E-state index contributed by atoms with van der Waals surface area (Å²) in [5.41, 5.74) is -0.380. The van der Waals surface area contributed by atoms with Crippen molar-refractivity contribution in [1.29, 1.82) is 0 Å². The van der Waals surface area contributed by atoms with Crippen LogP contribution in [0.2, 0.25) is 0 Å². The van der Waals surface area contributed by atoms with Gasteiger partial charge in [0.2, 0.25) is 0 Å². The molecule has 14 heavy (non-hydrogen) atoms. The van der Waals surface area contributed by atoms with Gasteiger partial charge in [0.05, 0.1) is 6.10 Å². The Morgan fingerprint density at radius 1 is 1.36 bits per heavy atom. The number of fused-ring (bicyclic) bond motifs is 2. The van der Waals surface area contributed by atoms with Crippen LogP contribution in [0.25, 0.3) is 0 Å². The van der Waals surface area contributed by atoms with E-state index in [9.17, 15) is 9.50 Å². The highest BCUT2D eigenvalue weighted by atomic mass is 19.1. The largest absolute Gasteiger partial charge is 0.392 e. The lowest BCUT2D eigenvalue weighted by Gasteiger charge is -2.30. The summed E-state index contributed by atoms with van der Waals surface area (Å²) in [6.07, 6.45) is 4.57. The number of hydrogen-bond acceptors (Lipinski definition) is 1. The molecule has 2 heteroatoms. The fourth-order valence-corrected chi connectivity index (χ4v) is 3.80. The van der Waals surface area contributed by atoms with Crippen molar-refractivity contribution < 1.29 is 9.50 Å². The van der Waals surface area contributed by atoms with Gasteiger partial charge in [0.15, 0.2) is 0 Å². The molecule has 0 saturated heterocycles. The van der Waals surface area contributed by atoms with E-state index in [4.69, 9.17) is 0 Å². The van der Waals surface area contributed by atoms with Gasteiger partial charge in [-0.2, -0.15) is 0 Å². The first-order valence-electron chi connectivity index (χ1n) is 5.93. The number of aliphatic hydroxyl groups is 1. The van der Waals surface area contributed by atoms with E-state index in [1.165, 1.54) is 19.3 Å². The van der Waals surface area contributed by atoms with Gasteiger partial charge < -0.3 is 5.11 Å². The van der Waals surface area contributed by atoms with Crippen molar-refractivity contribution in [3.8, 4) is 0 Å². The summed E-state index contributed by atoms with van der Waals surface area (Å²) in [5.74, 6) is 1.97. The minimum Gasteiger partial charge on any atom is -0.392 e. The SMILES string of the molecule is CC1(C(O)C2CC3CCC2C3)CC1F. The first kappa shape index (κ1) is 9.14. The van der Waals surface area contributed by atoms with Gasteiger partial charge in [-0.1, -0.05) is 13.3 Å². The maximum absolute atomic E-state index is 13.1. The van der Waals surface area contributed by atoms with Crippen molar-refractivity contribution in [3.63, 3.8) is 0 Å². The van der Waals surface area contributed by atoms with Gasteiger partial charge in [-0.3, -0.25) is 0 Å². The van der Waals surface area contributed by atoms with Crippen LogP contribution < -0.4 is 0 Å². The molecule has 1 nitrogen and oxygen atoms in total. The van der Waals surface area contributed by atoms with Gasteiger partial charge in [-0.15, -0.1) is 0 Å². The molecular formula is C12H19FO. The molecule has 6 unspecified atom stereocenters. The molecule has 0 aromatic rings. The lowest BCUT2D eigenvalue weighted by Crippen LogP contribution is -2.33. The summed E-state index contributed by atoms with van der Waals surface area (Å²) in [6, 6.07) is 0. The van der Waals surface area contributed by atoms with Crippen LogP contribution in [0.4, 0.5) is 4.39 Å². The zero-order valence-corrected chi connectivity index (χ0v) is 8.75. The fraction of sp³-hybridized carbons (Fsp3) is 1.00. The van der Waals surface area contributed by atoms with Crippen LogP contribution in [-0.2, 0) is 0 Å². The Labute approximate surface area is 84.7 Å². The van der Waals surface area contributed by atoms with Gasteiger partial charge in [0.25, 0.3) is 0 Å². The first-order valence-corrected chi connectivity index (χ1v) is 5.93. The van der Waals surface area contributed by atoms with E-state index < -0.39 is 6.17 Å². The van der Waals surface area contributed by atoms with Gasteiger partial charge in [-0.05, 0) is 43.4 Å². The van der Waals surface area contributed by atoms with Crippen LogP contribution in [0, 0.1) is 23.2 Å². The summed E-state index contributed by atoms with van der Waals surface area (Å²) in [4.78, 5) is 0. The minimum atomic E-state index is -0.739. The Balaban J connectivity index is 1.72. The maximum atomic E-state index is 13.1. The standard InChI is InChI=1S/C12H19FO/c1-12(6-10(12)13)11(14)9-5-7-2-3-8(9)4-7/h7-11,14H,2-6H2,1H3. The van der Waals surface area contributed by atoms with E-state index in [1.54, 1.807) is 0 Å². The predicted molar refractivity (Wildman–Crippen MR) is 52.6 cm³/mol. The Morgan fingerprint density at radius 3 is 2.50 bits per heavy atom. The zero-order valence-electron chi connectivity index (χ0n) is 8.75. The number of halogens is 1. The smallest absolute Gasteiger partial charge is 0.109 e. The molecule has 0 aliphatic heterocycles. The Bertz CT molecular complexity index is 255. The summed E-state index contributed by atoms with van der Waals surface area (Å²) in [7, 11) is 0. The Hall–Kier alpha value is -0.110. The van der Waals surface area contributed by atoms with Crippen LogP contribution in [0.15, 0.2) is 0 Å². The molecule has 3 aliphatic rings. The molecule has 3 rings (SSSR count). The Morgan fingerprint density at radius 2 is 2.07 bits per heavy atom. The van der Waals surface area contributed by atoms with E-state index in [0.29, 0.717) is 18.3 Å². The second kappa shape index (κ2) is 2.72. The highest BCUT2D eigenvalue weighted by Crippen LogP contribution is 2.59. The van der Waals surface area contributed by atoms with Crippen molar-refractivity contribution in [2.24, 2.45) is 23.2 Å². The summed E-state index contributed by atoms with van der Waals surface area (Å²) in [6.45, 7) is 1.91. The van der Waals surface area contributed by atoms with E-state index in [2.05, 4.69) is 0 Å². The third-order valence-corrected chi connectivity index (χ3v) is 5.05. The molecule has 1 N–H and O–H groups in total. The maximum Gasteiger partial charge on any atom is 0.109 e. The molecule has 0 radical (unpaired) electrons. The average molecular weight is 198 g/mol. The van der Waals surface area contributed by atoms with E-state index >= 15 is 0 Å². The van der Waals surface area contributed by atoms with Crippen molar-refractivity contribution in [3.05, 3.63) is 0 Å². The fourth-order valence-electron chi connectivity index (χ4n) is 3.80. The van der Waals surface area contributed by atoms with Gasteiger partial charge in [0, 0.05) is 5.41 Å². The third-order valence-electron chi connectivity index (χ3n) is 5.05. The second-order valence-corrected chi connectivity index (χ2v) is 5.96. The molecule has 0 aromatic carbocycles. The molecule has 0 aromatic heterocycles. The van der Waals surface area contributed by atoms with Crippen molar-refractivity contribution in [2.75, 3.05) is 0 Å². The molecule has 6 atom stereocenters. The van der Waals surface area contributed by atoms with Gasteiger partial charge in [0.1, 0.15) is 6.17 Å². The van der Waals surface area contributed by atoms with Crippen molar-refractivity contribution in [1.82, 2.24) is 0 Å². The minimum absolute atomic E-state index is 0.368. The second-order valence-electron chi connectivity index (χ2n) is 5.96. The Kier molecular flexibility index (Phi) is 1.77. The normalized spacial score (nSPS) is 57.6. The molecule has 3 aliphatic carbocycles. The van der Waals surface area contributed by atoms with Crippen molar-refractivity contribution in [2.45, 2.75) is 51.3 Å². The van der Waals surface area contributed by atoms with Crippen LogP contribution in [-0.4, -0.2) is 17.4 Å². The van der Waals surface area contributed by atoms with Gasteiger partial charge in [-0.25, -0.2) is 4.39 Å². The van der Waals surface area contributed by atoms with E-state index in [-0.39, 0.29) is 11.5 Å². The average Bonchev–Trinajstić information content (AvgIpc) is 2.63. The quantitative estimate of drug-likeness (QED) is 0.723. The third kappa shape index (κ3) is 1.09. The van der Waals surface area contributed by atoms with Crippen LogP contribution in [0.1, 0.15) is 39.0 Å². The number of aliphatic hydroxyl groups excluding tert-OH is 1. The van der Waals surface area contributed by atoms with E-state index in [0.717, 1.165) is 12.3 Å². The molecular weight excluding hydrogens is 179 g/mol. The van der Waals surface area contributed by atoms with Crippen LogP contribution in [0.3, 0.4) is 0 Å². The molecule has 2 bridgehead atoms. The molecule has 0 heterocycles. The van der Waals surface area contributed by atoms with E-state index in [1.807, 2.05) is 6.92 Å². The van der Waals surface area contributed by atoms with Gasteiger partial charge >= 0.3 is 0 Å². The summed E-state index contributed by atoms with van der Waals surface area (Å²) >= 11 is 0. The monoisotopic (exact) mass is 198 g/mol. The molecule has 0 amide bonds. The van der Waals surface area contributed by atoms with Crippen LogP contribution in [0.5, 0.6) is 0 Å². The number of hydrogen-bond donors (Lipinski definition) is 1. The predicted octanol–water partition coefficient (Wildman–Crippen LogP) is 2.53. The highest BCUT2D eigenvalue weighted by Gasteiger charge is 2.60. The molecule has 80 valence electrons.